The summed E-state index contributed by atoms with van der Waals surface area (Å²) in [4.78, 5) is 4.31. The Balaban J connectivity index is 1.79. The van der Waals surface area contributed by atoms with Gasteiger partial charge in [-0.2, -0.15) is 0 Å². The van der Waals surface area contributed by atoms with Gasteiger partial charge in [0.1, 0.15) is 6.10 Å². The zero-order valence-corrected chi connectivity index (χ0v) is 14.5. The number of guanidine groups is 1. The second kappa shape index (κ2) is 9.28. The molecule has 0 saturated heterocycles. The molecule has 1 atom stereocenters. The molecule has 0 aromatic heterocycles. The molecule has 0 aliphatic heterocycles. The van der Waals surface area contributed by atoms with E-state index in [0.29, 0.717) is 12.6 Å². The van der Waals surface area contributed by atoms with Gasteiger partial charge in [0.25, 0.3) is 0 Å². The monoisotopic (exact) mass is 319 g/mol. The molecule has 2 rings (SSSR count). The molecule has 0 bridgehead atoms. The number of methoxy groups -OCH3 is 1. The summed E-state index contributed by atoms with van der Waals surface area (Å²) in [6, 6.07) is 8.25. The van der Waals surface area contributed by atoms with Crippen LogP contribution in [0.25, 0.3) is 0 Å². The van der Waals surface area contributed by atoms with Crippen molar-refractivity contribution in [1.82, 2.24) is 10.6 Å². The van der Waals surface area contributed by atoms with Crippen molar-refractivity contribution in [2.75, 3.05) is 20.7 Å². The van der Waals surface area contributed by atoms with Gasteiger partial charge in [0.05, 0.1) is 13.7 Å². The first-order valence-corrected chi connectivity index (χ1v) is 8.49. The van der Waals surface area contributed by atoms with Gasteiger partial charge < -0.3 is 20.1 Å². The van der Waals surface area contributed by atoms with E-state index in [1.165, 1.54) is 32.1 Å². The Labute approximate surface area is 139 Å². The van der Waals surface area contributed by atoms with E-state index in [4.69, 9.17) is 9.47 Å². The van der Waals surface area contributed by atoms with Crippen molar-refractivity contribution in [3.63, 3.8) is 0 Å². The Kier molecular flexibility index (Phi) is 7.04. The average molecular weight is 319 g/mol. The molecule has 1 unspecified atom stereocenters. The van der Waals surface area contributed by atoms with E-state index in [1.54, 1.807) is 7.11 Å². The van der Waals surface area contributed by atoms with Gasteiger partial charge in [0.15, 0.2) is 17.5 Å². The fourth-order valence-corrected chi connectivity index (χ4v) is 2.85. The Bertz CT molecular complexity index is 499. The topological polar surface area (TPSA) is 54.9 Å². The van der Waals surface area contributed by atoms with Crippen molar-refractivity contribution in [2.24, 2.45) is 4.99 Å². The zero-order valence-electron chi connectivity index (χ0n) is 14.5. The van der Waals surface area contributed by atoms with Crippen molar-refractivity contribution in [1.29, 1.82) is 0 Å². The average Bonchev–Trinajstić information content (AvgIpc) is 2.60. The van der Waals surface area contributed by atoms with Gasteiger partial charge in [-0.1, -0.05) is 31.4 Å². The molecule has 5 heteroatoms. The minimum absolute atomic E-state index is 0.0104. The summed E-state index contributed by atoms with van der Waals surface area (Å²) in [6.45, 7) is 2.72. The molecule has 1 aliphatic carbocycles. The highest BCUT2D eigenvalue weighted by molar-refractivity contribution is 5.79. The molecule has 0 amide bonds. The van der Waals surface area contributed by atoms with Crippen LogP contribution in [0.5, 0.6) is 11.5 Å². The van der Waals surface area contributed by atoms with Crippen LogP contribution in [-0.4, -0.2) is 38.8 Å². The fraction of sp³-hybridized carbons (Fsp3) is 0.611. The first kappa shape index (κ1) is 17.4. The van der Waals surface area contributed by atoms with Gasteiger partial charge in [-0.15, -0.1) is 0 Å². The van der Waals surface area contributed by atoms with E-state index < -0.39 is 0 Å². The predicted octanol–water partition coefficient (Wildman–Crippen LogP) is 2.96. The summed E-state index contributed by atoms with van der Waals surface area (Å²) in [5.74, 6) is 2.37. The number of aliphatic imine (C=N–C) groups is 1. The molecule has 2 N–H and O–H groups in total. The molecule has 0 spiro atoms. The number of hydrogen-bond acceptors (Lipinski definition) is 3. The quantitative estimate of drug-likeness (QED) is 0.625. The fourth-order valence-electron chi connectivity index (χ4n) is 2.85. The van der Waals surface area contributed by atoms with Crippen molar-refractivity contribution in [3.05, 3.63) is 24.3 Å². The second-order valence-electron chi connectivity index (χ2n) is 6.01. The highest BCUT2D eigenvalue weighted by Crippen LogP contribution is 2.26. The largest absolute Gasteiger partial charge is 0.493 e. The van der Waals surface area contributed by atoms with Crippen LogP contribution >= 0.6 is 0 Å². The van der Waals surface area contributed by atoms with Gasteiger partial charge in [-0.3, -0.25) is 4.99 Å². The first-order chi connectivity index (χ1) is 11.2. The van der Waals surface area contributed by atoms with Crippen LogP contribution in [0, 0.1) is 0 Å². The number of ether oxygens (including phenoxy) is 2. The minimum atomic E-state index is 0.0104. The van der Waals surface area contributed by atoms with Gasteiger partial charge >= 0.3 is 0 Å². The van der Waals surface area contributed by atoms with Crippen LogP contribution in [0.1, 0.15) is 39.0 Å². The van der Waals surface area contributed by atoms with Crippen LogP contribution in [0.15, 0.2) is 29.3 Å². The van der Waals surface area contributed by atoms with Gasteiger partial charge in [0.2, 0.25) is 0 Å². The summed E-state index contributed by atoms with van der Waals surface area (Å²) in [6.07, 6.45) is 6.44. The van der Waals surface area contributed by atoms with Crippen LogP contribution in [0.4, 0.5) is 0 Å². The highest BCUT2D eigenvalue weighted by Gasteiger charge is 2.15. The van der Waals surface area contributed by atoms with Crippen molar-refractivity contribution in [3.8, 4) is 11.5 Å². The molecule has 0 radical (unpaired) electrons. The number of benzene rings is 1. The third-order valence-electron chi connectivity index (χ3n) is 4.12. The number of hydrogen-bond donors (Lipinski definition) is 2. The Morgan fingerprint density at radius 2 is 1.91 bits per heavy atom. The van der Waals surface area contributed by atoms with E-state index in [2.05, 4.69) is 15.6 Å². The number of rotatable bonds is 6. The molecule has 0 heterocycles. The third-order valence-corrected chi connectivity index (χ3v) is 4.12. The molecule has 1 saturated carbocycles. The first-order valence-electron chi connectivity index (χ1n) is 8.49. The molecule has 23 heavy (non-hydrogen) atoms. The van der Waals surface area contributed by atoms with Crippen molar-refractivity contribution in [2.45, 2.75) is 51.2 Å². The van der Waals surface area contributed by atoms with E-state index in [-0.39, 0.29) is 6.10 Å². The summed E-state index contributed by atoms with van der Waals surface area (Å²) in [7, 11) is 3.46. The van der Waals surface area contributed by atoms with Crippen LogP contribution in [0.3, 0.4) is 0 Å². The molecule has 5 nitrogen and oxygen atoms in total. The Morgan fingerprint density at radius 3 is 2.57 bits per heavy atom. The van der Waals surface area contributed by atoms with Crippen molar-refractivity contribution >= 4 is 5.96 Å². The second-order valence-corrected chi connectivity index (χ2v) is 6.01. The summed E-state index contributed by atoms with van der Waals surface area (Å²) in [5.41, 5.74) is 0. The lowest BCUT2D eigenvalue weighted by atomic mass is 9.96. The van der Waals surface area contributed by atoms with E-state index >= 15 is 0 Å². The molecular weight excluding hydrogens is 290 g/mol. The number of para-hydroxylation sites is 2. The van der Waals surface area contributed by atoms with E-state index in [1.807, 2.05) is 38.2 Å². The molecule has 128 valence electrons. The number of nitrogens with zero attached hydrogens (tertiary/aromatic N) is 1. The Morgan fingerprint density at radius 1 is 1.22 bits per heavy atom. The van der Waals surface area contributed by atoms with Crippen LogP contribution in [-0.2, 0) is 0 Å². The maximum atomic E-state index is 5.95. The predicted molar refractivity (Wildman–Crippen MR) is 94.5 cm³/mol. The van der Waals surface area contributed by atoms with E-state index in [9.17, 15) is 0 Å². The minimum Gasteiger partial charge on any atom is -0.493 e. The molecular formula is C18H29N3O2. The molecule has 1 aromatic rings. The Hall–Kier alpha value is -1.91. The molecule has 1 aromatic carbocycles. The normalized spacial score (nSPS) is 17.4. The third kappa shape index (κ3) is 5.66. The van der Waals surface area contributed by atoms with Crippen LogP contribution in [0.2, 0.25) is 0 Å². The van der Waals surface area contributed by atoms with Gasteiger partial charge in [0, 0.05) is 13.1 Å². The van der Waals surface area contributed by atoms with Crippen molar-refractivity contribution < 1.29 is 9.47 Å². The smallest absolute Gasteiger partial charge is 0.191 e. The zero-order chi connectivity index (χ0) is 16.5. The van der Waals surface area contributed by atoms with Gasteiger partial charge in [-0.05, 0) is 31.9 Å². The lowest BCUT2D eigenvalue weighted by Crippen LogP contribution is -2.46. The van der Waals surface area contributed by atoms with Gasteiger partial charge in [-0.25, -0.2) is 0 Å². The summed E-state index contributed by atoms with van der Waals surface area (Å²) >= 11 is 0. The molecule has 1 aliphatic rings. The summed E-state index contributed by atoms with van der Waals surface area (Å²) in [5, 5.41) is 6.85. The maximum Gasteiger partial charge on any atom is 0.191 e. The standard InChI is InChI=1S/C18H29N3O2/c1-14(23-17-12-8-7-11-16(17)22-3)13-20-18(19-2)21-15-9-5-4-6-10-15/h7-8,11-12,14-15H,4-6,9-10,13H2,1-3H3,(H2,19,20,21). The lowest BCUT2D eigenvalue weighted by Gasteiger charge is -2.25. The van der Waals surface area contributed by atoms with E-state index in [0.717, 1.165) is 17.5 Å². The lowest BCUT2D eigenvalue weighted by molar-refractivity contribution is 0.213. The maximum absolute atomic E-state index is 5.95. The SMILES string of the molecule is CN=C(NCC(C)Oc1ccccc1OC)NC1CCCCC1. The molecule has 1 fully saturated rings. The summed E-state index contributed by atoms with van der Waals surface area (Å²) < 4.78 is 11.3. The highest BCUT2D eigenvalue weighted by atomic mass is 16.5. The van der Waals surface area contributed by atoms with Crippen LogP contribution < -0.4 is 20.1 Å². The number of nitrogens with one attached hydrogen (secondary N) is 2.